The predicted molar refractivity (Wildman–Crippen MR) is 141 cm³/mol. The molecule has 3 aromatic carbocycles. The Bertz CT molecular complexity index is 1290. The van der Waals surface area contributed by atoms with Crippen molar-refractivity contribution in [2.24, 2.45) is 0 Å². The molecule has 4 rings (SSSR count). The van der Waals surface area contributed by atoms with Crippen molar-refractivity contribution in [1.29, 1.82) is 0 Å². The maximum Gasteiger partial charge on any atom is 0.379 e. The minimum absolute atomic E-state index is 0.0117. The lowest BCUT2D eigenvalue weighted by Gasteiger charge is -2.28. The number of likely N-dealkylation sites (N-methyl/N-ethyl adjacent to an activating group) is 1. The molecule has 0 saturated heterocycles. The smallest absolute Gasteiger partial charge is 0.379 e. The third-order valence-electron chi connectivity index (χ3n) is 5.82. The molecule has 0 radical (unpaired) electrons. The number of rotatable bonds is 5. The summed E-state index contributed by atoms with van der Waals surface area (Å²) in [5.41, 5.74) is 3.08. The van der Waals surface area contributed by atoms with Crippen LogP contribution in [0.15, 0.2) is 54.6 Å². The number of hydrogen-bond acceptors (Lipinski definition) is 5. The maximum absolute atomic E-state index is 14.4. The molecule has 3 aromatic rings. The van der Waals surface area contributed by atoms with Gasteiger partial charge in [0.2, 0.25) is 0 Å². The second-order valence-electron chi connectivity index (χ2n) is 8.45. The van der Waals surface area contributed by atoms with E-state index in [-0.39, 0.29) is 24.0 Å². The van der Waals surface area contributed by atoms with E-state index >= 15 is 0 Å². The van der Waals surface area contributed by atoms with Gasteiger partial charge in [0.15, 0.2) is 6.61 Å². The average molecular weight is 570 g/mol. The summed E-state index contributed by atoms with van der Waals surface area (Å²) in [6.45, 7) is -1.84. The zero-order valence-electron chi connectivity index (χ0n) is 21.6. The van der Waals surface area contributed by atoms with Gasteiger partial charge in [0.1, 0.15) is 17.9 Å². The van der Waals surface area contributed by atoms with Crippen molar-refractivity contribution in [2.45, 2.75) is 25.6 Å². The number of alkyl halides is 3. The Morgan fingerprint density at radius 2 is 1.72 bits per heavy atom. The lowest BCUT2D eigenvalue weighted by Crippen LogP contribution is -2.35. The summed E-state index contributed by atoms with van der Waals surface area (Å²) in [5, 5.41) is 11.4. The summed E-state index contributed by atoms with van der Waals surface area (Å²) in [5.74, 6) is -0.464. The highest BCUT2D eigenvalue weighted by Gasteiger charge is 2.26. The molecule has 1 amide bonds. The Morgan fingerprint density at radius 3 is 2.28 bits per heavy atom. The van der Waals surface area contributed by atoms with Crippen LogP contribution < -0.4 is 9.64 Å². The van der Waals surface area contributed by atoms with Gasteiger partial charge >= 0.3 is 6.68 Å². The van der Waals surface area contributed by atoms with Crippen LogP contribution in [0.3, 0.4) is 0 Å². The van der Waals surface area contributed by atoms with Crippen LogP contribution in [0.25, 0.3) is 11.1 Å². The Labute approximate surface area is 228 Å². The molecule has 1 N–H and O–H groups in total. The number of aldehydes is 1. The lowest BCUT2D eigenvalue weighted by atomic mass is 9.89. The molecule has 0 aliphatic carbocycles. The minimum Gasteiger partial charge on any atom is -0.482 e. The number of anilines is 1. The molecule has 0 aromatic heterocycles. The van der Waals surface area contributed by atoms with E-state index in [9.17, 15) is 32.3 Å². The maximum atomic E-state index is 14.4. The largest absolute Gasteiger partial charge is 0.482 e. The molecule has 6 nitrogen and oxygen atoms in total. The van der Waals surface area contributed by atoms with Gasteiger partial charge in [0, 0.05) is 43.3 Å². The first-order valence-electron chi connectivity index (χ1n) is 11.5. The zero-order chi connectivity index (χ0) is 29.3. The summed E-state index contributed by atoms with van der Waals surface area (Å²) < 4.78 is 53.1. The molecule has 210 valence electrons. The fourth-order valence-electron chi connectivity index (χ4n) is 3.83. The zero-order valence-corrected chi connectivity index (χ0v) is 22.4. The van der Waals surface area contributed by atoms with Crippen LogP contribution in [0.1, 0.15) is 40.4 Å². The SMILES string of the molecule is COC.C[C@@H](c1ccc(-c2ccc(C=O)cc2F)cc1Cl)C(O)c1ccc2c(c1)N(C)C(=O)CO2.FC(F)F. The highest BCUT2D eigenvalue weighted by atomic mass is 35.5. The van der Waals surface area contributed by atoms with Crippen LogP contribution in [0.5, 0.6) is 5.75 Å². The van der Waals surface area contributed by atoms with Crippen molar-refractivity contribution in [3.63, 3.8) is 0 Å². The standard InChI is InChI=1S/C25H21ClFNO4.C2H6O.CHF3/c1-14(25(31)17-5-8-23-22(11-17)28(2)24(30)13-32-23)18-7-4-16(10-20(18)26)19-6-3-15(12-29)9-21(19)27;1-3-2;2-1(3)4/h3-12,14,25,31H,13H2,1-2H3;1-2H3;1H/t14-,25?;;/m0../s1. The van der Waals surface area contributed by atoms with Gasteiger partial charge in [0.05, 0.1) is 11.8 Å². The van der Waals surface area contributed by atoms with E-state index in [0.717, 1.165) is 0 Å². The van der Waals surface area contributed by atoms with Crippen LogP contribution in [0.2, 0.25) is 5.02 Å². The normalized spacial score (nSPS) is 13.7. The number of aliphatic hydroxyl groups excluding tert-OH is 1. The molecule has 1 aliphatic heterocycles. The van der Waals surface area contributed by atoms with E-state index in [4.69, 9.17) is 16.3 Å². The Hall–Kier alpha value is -3.47. The van der Waals surface area contributed by atoms with Crippen molar-refractivity contribution < 1.29 is 41.7 Å². The van der Waals surface area contributed by atoms with Crippen LogP contribution >= 0.6 is 11.6 Å². The number of halogens is 5. The van der Waals surface area contributed by atoms with Crippen molar-refractivity contribution in [1.82, 2.24) is 0 Å². The third-order valence-corrected chi connectivity index (χ3v) is 6.14. The van der Waals surface area contributed by atoms with Gasteiger partial charge in [-0.25, -0.2) is 4.39 Å². The molecular formula is C28H28ClF4NO5. The predicted octanol–water partition coefficient (Wildman–Crippen LogP) is 6.59. The highest BCUT2D eigenvalue weighted by Crippen LogP contribution is 2.40. The van der Waals surface area contributed by atoms with Gasteiger partial charge in [-0.2, -0.15) is 13.2 Å². The quantitative estimate of drug-likeness (QED) is 0.277. The summed E-state index contributed by atoms with van der Waals surface area (Å²) >= 11 is 6.51. The number of hydrogen-bond donors (Lipinski definition) is 1. The lowest BCUT2D eigenvalue weighted by molar-refractivity contribution is -0.121. The number of amides is 1. The highest BCUT2D eigenvalue weighted by molar-refractivity contribution is 6.31. The summed E-state index contributed by atoms with van der Waals surface area (Å²) in [7, 11) is 4.92. The molecule has 0 spiro atoms. The number of aliphatic hydroxyl groups is 1. The monoisotopic (exact) mass is 569 g/mol. The van der Waals surface area contributed by atoms with Gasteiger partial charge in [-0.15, -0.1) is 0 Å². The van der Waals surface area contributed by atoms with Crippen LogP contribution in [-0.2, 0) is 9.53 Å². The fraction of sp³-hybridized carbons (Fsp3) is 0.286. The van der Waals surface area contributed by atoms with Gasteiger partial charge in [-0.3, -0.25) is 9.59 Å². The molecule has 2 atom stereocenters. The van der Waals surface area contributed by atoms with Crippen LogP contribution in [0, 0.1) is 5.82 Å². The van der Waals surface area contributed by atoms with E-state index in [1.54, 1.807) is 63.7 Å². The molecule has 1 unspecified atom stereocenters. The number of carbonyl (C=O) groups excluding carboxylic acids is 2. The summed E-state index contributed by atoms with van der Waals surface area (Å²) in [4.78, 5) is 24.3. The first-order valence-corrected chi connectivity index (χ1v) is 11.9. The molecule has 1 heterocycles. The van der Waals surface area contributed by atoms with E-state index < -0.39 is 18.6 Å². The van der Waals surface area contributed by atoms with Crippen LogP contribution in [0.4, 0.5) is 23.2 Å². The summed E-state index contributed by atoms with van der Waals surface area (Å²) in [6, 6.07) is 14.6. The van der Waals surface area contributed by atoms with Crippen LogP contribution in [-0.4, -0.2) is 51.9 Å². The van der Waals surface area contributed by atoms with Crippen molar-refractivity contribution >= 4 is 29.5 Å². The summed E-state index contributed by atoms with van der Waals surface area (Å²) in [6.07, 6.45) is -0.301. The molecular weight excluding hydrogens is 542 g/mol. The number of benzene rings is 3. The fourth-order valence-corrected chi connectivity index (χ4v) is 4.19. The van der Waals surface area contributed by atoms with Crippen molar-refractivity contribution in [3.8, 4) is 16.9 Å². The number of fused-ring (bicyclic) bond motifs is 1. The molecule has 11 heteroatoms. The second-order valence-corrected chi connectivity index (χ2v) is 8.86. The molecule has 0 fully saturated rings. The number of carbonyl (C=O) groups is 2. The topological polar surface area (TPSA) is 76.1 Å². The molecule has 39 heavy (non-hydrogen) atoms. The van der Waals surface area contributed by atoms with E-state index in [0.29, 0.717) is 45.0 Å². The first-order chi connectivity index (χ1) is 18.4. The number of methoxy groups -OCH3 is 1. The van der Waals surface area contributed by atoms with Gasteiger partial charge in [-0.1, -0.05) is 48.9 Å². The second kappa shape index (κ2) is 14.6. The number of ether oxygens (including phenoxy) is 2. The van der Waals surface area contributed by atoms with Gasteiger partial charge < -0.3 is 19.5 Å². The van der Waals surface area contributed by atoms with Gasteiger partial charge in [-0.05, 0) is 41.0 Å². The van der Waals surface area contributed by atoms with Crippen molar-refractivity contribution in [2.75, 3.05) is 32.8 Å². The first kappa shape index (κ1) is 31.7. The molecule has 1 aliphatic rings. The average Bonchev–Trinajstić information content (AvgIpc) is 2.90. The van der Waals surface area contributed by atoms with E-state index in [1.165, 1.54) is 17.0 Å². The van der Waals surface area contributed by atoms with E-state index in [1.807, 2.05) is 6.92 Å². The van der Waals surface area contributed by atoms with Crippen molar-refractivity contribution in [3.05, 3.63) is 82.1 Å². The van der Waals surface area contributed by atoms with Gasteiger partial charge in [0.25, 0.3) is 5.91 Å². The minimum atomic E-state index is -3.67. The Kier molecular flexibility index (Phi) is 11.9. The van der Waals surface area contributed by atoms with E-state index in [2.05, 4.69) is 4.74 Å². The molecule has 0 saturated carbocycles. The molecule has 0 bridgehead atoms. The Morgan fingerprint density at radius 1 is 1.08 bits per heavy atom. The number of nitrogens with zero attached hydrogens (tertiary/aromatic N) is 1. The Balaban J connectivity index is 0.000000686. The third kappa shape index (κ3) is 8.26.